The van der Waals surface area contributed by atoms with Crippen LogP contribution in [0.25, 0.3) is 11.1 Å². The van der Waals surface area contributed by atoms with Gasteiger partial charge in [0.15, 0.2) is 9.84 Å². The maximum Gasteiger partial charge on any atom is 0.225 e. The first kappa shape index (κ1) is 24.6. The smallest absolute Gasteiger partial charge is 0.225 e. The van der Waals surface area contributed by atoms with Gasteiger partial charge in [0, 0.05) is 24.6 Å². The van der Waals surface area contributed by atoms with Gasteiger partial charge in [-0.05, 0) is 60.7 Å². The number of sulfone groups is 1. The molecule has 2 aliphatic rings. The fraction of sp³-hybridized carbons (Fsp3) is 0.345. The van der Waals surface area contributed by atoms with Crippen molar-refractivity contribution in [3.05, 3.63) is 90.0 Å². The third-order valence-electron chi connectivity index (χ3n) is 7.72. The van der Waals surface area contributed by atoms with Crippen molar-refractivity contribution in [1.29, 1.82) is 0 Å². The summed E-state index contributed by atoms with van der Waals surface area (Å²) >= 11 is 0. The molecule has 1 heterocycles. The van der Waals surface area contributed by atoms with Crippen molar-refractivity contribution in [3.8, 4) is 11.1 Å². The molecule has 0 N–H and O–H groups in total. The Bertz CT molecular complexity index is 1350. The van der Waals surface area contributed by atoms with Crippen molar-refractivity contribution in [2.75, 3.05) is 13.1 Å². The van der Waals surface area contributed by atoms with E-state index in [-0.39, 0.29) is 36.2 Å². The van der Waals surface area contributed by atoms with Crippen LogP contribution >= 0.6 is 0 Å². The molecule has 1 aliphatic carbocycles. The number of nitrogens with zero attached hydrogens (tertiary/aromatic N) is 1. The Hall–Kier alpha value is -3.06. The second kappa shape index (κ2) is 9.77. The van der Waals surface area contributed by atoms with E-state index in [9.17, 15) is 17.6 Å². The van der Waals surface area contributed by atoms with Gasteiger partial charge in [0.05, 0.1) is 4.90 Å². The van der Waals surface area contributed by atoms with E-state index in [1.807, 2.05) is 18.2 Å². The first-order valence-electron chi connectivity index (χ1n) is 12.5. The van der Waals surface area contributed by atoms with Crippen LogP contribution in [0.5, 0.6) is 0 Å². The van der Waals surface area contributed by atoms with E-state index in [1.165, 1.54) is 18.2 Å². The van der Waals surface area contributed by atoms with Gasteiger partial charge in [-0.2, -0.15) is 0 Å². The van der Waals surface area contributed by atoms with Gasteiger partial charge in [0.1, 0.15) is 16.4 Å². The summed E-state index contributed by atoms with van der Waals surface area (Å²) in [6.45, 7) is 0.226. The number of hydrogen-bond acceptors (Lipinski definition) is 3. The summed E-state index contributed by atoms with van der Waals surface area (Å²) in [5, 5.41) is 0. The minimum Gasteiger partial charge on any atom is -0.340 e. The van der Waals surface area contributed by atoms with Crippen LogP contribution in [-0.4, -0.2) is 32.3 Å². The van der Waals surface area contributed by atoms with E-state index in [2.05, 4.69) is 0 Å². The third kappa shape index (κ3) is 4.34. The predicted octanol–water partition coefficient (Wildman–Crippen LogP) is 6.11. The highest BCUT2D eigenvalue weighted by molar-refractivity contribution is 7.92. The molecule has 3 aromatic carbocycles. The van der Waals surface area contributed by atoms with E-state index < -0.39 is 26.2 Å². The van der Waals surface area contributed by atoms with E-state index in [0.717, 1.165) is 44.2 Å². The van der Waals surface area contributed by atoms with Crippen molar-refractivity contribution < 1.29 is 22.0 Å². The van der Waals surface area contributed by atoms with Crippen molar-refractivity contribution >= 4 is 15.7 Å². The molecule has 1 amide bonds. The average Bonchev–Trinajstić information content (AvgIpc) is 3.37. The third-order valence-corrected chi connectivity index (χ3v) is 10.2. The van der Waals surface area contributed by atoms with E-state index >= 15 is 4.39 Å². The van der Waals surface area contributed by atoms with Crippen LogP contribution in [-0.2, 0) is 19.4 Å². The second-order valence-corrected chi connectivity index (χ2v) is 12.1. The molecule has 4 nitrogen and oxygen atoms in total. The summed E-state index contributed by atoms with van der Waals surface area (Å²) in [5.74, 6) is -1.18. The molecule has 1 saturated carbocycles. The number of carbonyl (C=O) groups is 1. The number of likely N-dealkylation sites (tertiary alicyclic amines) is 1. The van der Waals surface area contributed by atoms with Gasteiger partial charge >= 0.3 is 0 Å². The number of halogens is 2. The largest absolute Gasteiger partial charge is 0.340 e. The highest BCUT2D eigenvalue weighted by Gasteiger charge is 2.52. The molecule has 2 fully saturated rings. The molecular weight excluding hydrogens is 480 g/mol. The van der Waals surface area contributed by atoms with Gasteiger partial charge in [-0.25, -0.2) is 17.2 Å². The monoisotopic (exact) mass is 509 g/mol. The van der Waals surface area contributed by atoms with Crippen molar-refractivity contribution in [3.63, 3.8) is 0 Å². The molecule has 1 atom stereocenters. The van der Waals surface area contributed by atoms with E-state index in [0.29, 0.717) is 16.7 Å². The fourth-order valence-corrected chi connectivity index (χ4v) is 7.75. The maximum absolute atomic E-state index is 15.4. The summed E-state index contributed by atoms with van der Waals surface area (Å²) in [6, 6.07) is 18.3. The van der Waals surface area contributed by atoms with Gasteiger partial charge in [-0.3, -0.25) is 4.79 Å². The van der Waals surface area contributed by atoms with Crippen molar-refractivity contribution in [2.45, 2.75) is 48.2 Å². The Kier molecular flexibility index (Phi) is 6.68. The standard InChI is InChI=1S/C29H29F2NO3S/c30-24-12-14-25(15-13-24)36(34,35)29(17-18-32(20-29)28(33)22-9-5-2-6-10-22)23-11-16-26(27(31)19-23)21-7-3-1-4-8-21/h1,3-4,7-8,11-16,19,22H,2,5-6,9-10,17-18,20H2/t29-/m0/s1. The number of hydrogen-bond donors (Lipinski definition) is 0. The van der Waals surface area contributed by atoms with Gasteiger partial charge in [-0.15, -0.1) is 0 Å². The minimum absolute atomic E-state index is 0.0211. The minimum atomic E-state index is -4.09. The quantitative estimate of drug-likeness (QED) is 0.390. The van der Waals surface area contributed by atoms with Gasteiger partial charge < -0.3 is 4.90 Å². The molecule has 188 valence electrons. The van der Waals surface area contributed by atoms with E-state index in [4.69, 9.17) is 0 Å². The van der Waals surface area contributed by atoms with Crippen molar-refractivity contribution in [2.24, 2.45) is 5.92 Å². The number of carbonyl (C=O) groups excluding carboxylic acids is 1. The topological polar surface area (TPSA) is 54.5 Å². The van der Waals surface area contributed by atoms with Crippen LogP contribution in [0.1, 0.15) is 44.1 Å². The van der Waals surface area contributed by atoms with Gasteiger partial charge in [0.25, 0.3) is 0 Å². The van der Waals surface area contributed by atoms with Gasteiger partial charge in [0.2, 0.25) is 5.91 Å². The molecule has 3 aromatic rings. The Balaban J connectivity index is 1.57. The summed E-state index contributed by atoms with van der Waals surface area (Å²) in [4.78, 5) is 14.9. The zero-order chi connectivity index (χ0) is 25.3. The normalized spacial score (nSPS) is 21.0. The summed E-state index contributed by atoms with van der Waals surface area (Å²) in [5.41, 5.74) is 1.38. The highest BCUT2D eigenvalue weighted by atomic mass is 32.2. The lowest BCUT2D eigenvalue weighted by Gasteiger charge is -2.31. The van der Waals surface area contributed by atoms with Gasteiger partial charge in [-0.1, -0.05) is 61.7 Å². The average molecular weight is 510 g/mol. The summed E-state index contributed by atoms with van der Waals surface area (Å²) < 4.78 is 55.7. The Labute approximate surface area is 210 Å². The van der Waals surface area contributed by atoms with E-state index in [1.54, 1.807) is 29.2 Å². The number of benzene rings is 3. The zero-order valence-corrected chi connectivity index (χ0v) is 20.8. The first-order chi connectivity index (χ1) is 17.3. The fourth-order valence-electron chi connectivity index (χ4n) is 5.68. The molecule has 0 bridgehead atoms. The molecule has 5 rings (SSSR count). The van der Waals surface area contributed by atoms with Crippen LogP contribution in [0, 0.1) is 17.6 Å². The van der Waals surface area contributed by atoms with Crippen LogP contribution in [0.4, 0.5) is 8.78 Å². The molecule has 0 radical (unpaired) electrons. The molecule has 0 unspecified atom stereocenters. The lowest BCUT2D eigenvalue weighted by atomic mass is 9.88. The Morgan fingerprint density at radius 1 is 0.889 bits per heavy atom. The SMILES string of the molecule is O=C(C1CCCCC1)N1CC[C@](c2ccc(-c3ccccc3)c(F)c2)(S(=O)(=O)c2ccc(F)cc2)C1. The highest BCUT2D eigenvalue weighted by Crippen LogP contribution is 2.45. The number of rotatable bonds is 5. The van der Waals surface area contributed by atoms with Crippen LogP contribution in [0.3, 0.4) is 0 Å². The predicted molar refractivity (Wildman–Crippen MR) is 135 cm³/mol. The van der Waals surface area contributed by atoms with Crippen molar-refractivity contribution in [1.82, 2.24) is 4.90 Å². The Morgan fingerprint density at radius 3 is 2.25 bits per heavy atom. The lowest BCUT2D eigenvalue weighted by Crippen LogP contribution is -2.42. The molecule has 1 saturated heterocycles. The zero-order valence-electron chi connectivity index (χ0n) is 20.0. The first-order valence-corrected chi connectivity index (χ1v) is 13.9. The van der Waals surface area contributed by atoms with Crippen LogP contribution in [0.15, 0.2) is 77.7 Å². The molecule has 1 aliphatic heterocycles. The van der Waals surface area contributed by atoms with Crippen LogP contribution < -0.4 is 0 Å². The molecule has 7 heteroatoms. The molecule has 0 aromatic heterocycles. The summed E-state index contributed by atoms with van der Waals surface area (Å²) in [7, 11) is -4.09. The Morgan fingerprint density at radius 2 is 1.58 bits per heavy atom. The molecular formula is C29H29F2NO3S. The molecule has 36 heavy (non-hydrogen) atoms. The maximum atomic E-state index is 15.4. The van der Waals surface area contributed by atoms with Crippen LogP contribution in [0.2, 0.25) is 0 Å². The lowest BCUT2D eigenvalue weighted by molar-refractivity contribution is -0.135. The number of amides is 1. The molecule has 0 spiro atoms. The summed E-state index contributed by atoms with van der Waals surface area (Å²) in [6.07, 6.45) is 4.88. The second-order valence-electron chi connectivity index (χ2n) is 9.86.